The Morgan fingerprint density at radius 2 is 2.07 bits per heavy atom. The molecule has 72 valence electrons. The van der Waals surface area contributed by atoms with Crippen molar-refractivity contribution >= 4 is 28.3 Å². The first kappa shape index (κ1) is 9.28. The van der Waals surface area contributed by atoms with Gasteiger partial charge in [-0.3, -0.25) is 9.56 Å². The van der Waals surface area contributed by atoms with Crippen molar-refractivity contribution in [1.82, 2.24) is 4.57 Å². The summed E-state index contributed by atoms with van der Waals surface area (Å²) in [6, 6.07) is 10.0. The van der Waals surface area contributed by atoms with E-state index in [4.69, 9.17) is 11.6 Å². The van der Waals surface area contributed by atoms with Crippen LogP contribution in [0.25, 0.3) is 10.9 Å². The Morgan fingerprint density at radius 1 is 1.36 bits per heavy atom. The minimum absolute atomic E-state index is 0.703. The number of benzene rings is 1. The van der Waals surface area contributed by atoms with E-state index >= 15 is 0 Å². The van der Waals surface area contributed by atoms with E-state index in [0.717, 1.165) is 16.7 Å². The summed E-state index contributed by atoms with van der Waals surface area (Å²) in [5, 5.41) is 1.84. The topological polar surface area (TPSA) is 17.3 Å². The van der Waals surface area contributed by atoms with Gasteiger partial charge in [0.05, 0.1) is 5.52 Å². The molecule has 0 amide bonds. The van der Waals surface area contributed by atoms with E-state index in [1.165, 1.54) is 0 Å². The molecule has 0 atom stereocenters. The van der Waals surface area contributed by atoms with Gasteiger partial charge in [0.25, 0.3) is 0 Å². The molecule has 0 N–H and O–H groups in total. The van der Waals surface area contributed by atoms with Crippen molar-refractivity contribution < 1.29 is 0 Å². The third-order valence-corrected chi connectivity index (χ3v) is 2.59. The summed E-state index contributed by atoms with van der Waals surface area (Å²) in [7, 11) is 1.76. The summed E-state index contributed by atoms with van der Waals surface area (Å²) >= 11 is 6.12. The third kappa shape index (κ3) is 1.32. The molecule has 0 saturated carbocycles. The lowest BCUT2D eigenvalue weighted by Gasteiger charge is -2.04. The van der Waals surface area contributed by atoms with Crippen LogP contribution in [-0.4, -0.2) is 17.5 Å². The number of aliphatic imine (C=N–C) groups is 1. The molecule has 0 saturated heterocycles. The Balaban J connectivity index is 2.81. The van der Waals surface area contributed by atoms with Gasteiger partial charge in [-0.15, -0.1) is 0 Å². The van der Waals surface area contributed by atoms with Crippen LogP contribution in [0.2, 0.25) is 5.15 Å². The number of fused-ring (bicyclic) bond motifs is 1. The molecule has 0 fully saturated rings. The third-order valence-electron chi connectivity index (χ3n) is 2.31. The second-order valence-electron chi connectivity index (χ2n) is 3.13. The zero-order valence-corrected chi connectivity index (χ0v) is 8.92. The minimum Gasteiger partial charge on any atom is -0.288 e. The Bertz CT molecular complexity index is 497. The van der Waals surface area contributed by atoms with Crippen LogP contribution < -0.4 is 0 Å². The molecule has 0 aliphatic rings. The van der Waals surface area contributed by atoms with Crippen LogP contribution in [-0.2, 0) is 0 Å². The number of halogens is 1. The maximum absolute atomic E-state index is 6.12. The first-order chi connectivity index (χ1) is 6.74. The van der Waals surface area contributed by atoms with Gasteiger partial charge in [0, 0.05) is 12.4 Å². The number of aromatic nitrogens is 1. The fourth-order valence-corrected chi connectivity index (χ4v) is 1.88. The van der Waals surface area contributed by atoms with Crippen LogP contribution in [0.4, 0.5) is 0 Å². The highest BCUT2D eigenvalue weighted by Crippen LogP contribution is 2.23. The van der Waals surface area contributed by atoms with Gasteiger partial charge >= 0.3 is 0 Å². The van der Waals surface area contributed by atoms with E-state index in [9.17, 15) is 0 Å². The quantitative estimate of drug-likeness (QED) is 0.465. The lowest BCUT2D eigenvalue weighted by Crippen LogP contribution is -2.06. The van der Waals surface area contributed by atoms with Crippen molar-refractivity contribution in [2.24, 2.45) is 4.99 Å². The Kier molecular flexibility index (Phi) is 2.30. The number of para-hydroxylation sites is 1. The van der Waals surface area contributed by atoms with E-state index in [1.54, 1.807) is 7.05 Å². The number of nitrogens with zero attached hydrogens (tertiary/aromatic N) is 2. The number of hydrogen-bond donors (Lipinski definition) is 0. The van der Waals surface area contributed by atoms with Crippen LogP contribution in [0.3, 0.4) is 0 Å². The normalized spacial score (nSPS) is 12.4. The van der Waals surface area contributed by atoms with Crippen molar-refractivity contribution in [1.29, 1.82) is 0 Å². The Morgan fingerprint density at radius 3 is 2.79 bits per heavy atom. The first-order valence-corrected chi connectivity index (χ1v) is 4.81. The van der Waals surface area contributed by atoms with Crippen molar-refractivity contribution in [2.45, 2.75) is 6.92 Å². The molecule has 0 spiro atoms. The van der Waals surface area contributed by atoms with Gasteiger partial charge in [0.1, 0.15) is 11.0 Å². The summed E-state index contributed by atoms with van der Waals surface area (Å²) in [6.07, 6.45) is 0. The number of hydrogen-bond acceptors (Lipinski definition) is 1. The number of rotatable bonds is 0. The molecule has 2 nitrogen and oxygen atoms in total. The van der Waals surface area contributed by atoms with E-state index in [0.29, 0.717) is 5.15 Å². The molecule has 0 unspecified atom stereocenters. The summed E-state index contributed by atoms with van der Waals surface area (Å²) < 4.78 is 1.94. The van der Waals surface area contributed by atoms with Gasteiger partial charge < -0.3 is 0 Å². The van der Waals surface area contributed by atoms with E-state index < -0.39 is 0 Å². The summed E-state index contributed by atoms with van der Waals surface area (Å²) in [6.45, 7) is 1.94. The smallest absolute Gasteiger partial charge is 0.115 e. The Hall–Kier alpha value is -1.28. The van der Waals surface area contributed by atoms with Crippen molar-refractivity contribution in [3.8, 4) is 0 Å². The van der Waals surface area contributed by atoms with E-state index in [2.05, 4.69) is 4.99 Å². The monoisotopic (exact) mass is 206 g/mol. The van der Waals surface area contributed by atoms with Gasteiger partial charge in [-0.25, -0.2) is 0 Å². The molecular weight excluding hydrogens is 196 g/mol. The second-order valence-corrected chi connectivity index (χ2v) is 3.52. The molecule has 1 heterocycles. The molecule has 1 aromatic heterocycles. The maximum Gasteiger partial charge on any atom is 0.115 e. The first-order valence-electron chi connectivity index (χ1n) is 4.44. The largest absolute Gasteiger partial charge is 0.288 e. The molecule has 0 aliphatic heterocycles. The summed E-state index contributed by atoms with van der Waals surface area (Å²) in [5.74, 6) is 0.899. The fraction of sp³-hybridized carbons (Fsp3) is 0.182. The van der Waals surface area contributed by atoms with Gasteiger partial charge in [0.2, 0.25) is 0 Å². The lowest BCUT2D eigenvalue weighted by atomic mass is 10.2. The SMILES string of the molecule is CN=C(C)n1c(Cl)cc2ccccc21. The molecule has 2 aromatic rings. The fourth-order valence-electron chi connectivity index (χ4n) is 1.55. The van der Waals surface area contributed by atoms with Crippen LogP contribution >= 0.6 is 11.6 Å². The highest BCUT2D eigenvalue weighted by molar-refractivity contribution is 6.32. The molecule has 0 radical (unpaired) electrons. The highest BCUT2D eigenvalue weighted by Gasteiger charge is 2.07. The van der Waals surface area contributed by atoms with E-state index in [1.807, 2.05) is 41.8 Å². The predicted molar refractivity (Wildman–Crippen MR) is 61.4 cm³/mol. The highest BCUT2D eigenvalue weighted by atomic mass is 35.5. The maximum atomic E-state index is 6.12. The van der Waals surface area contributed by atoms with Crippen LogP contribution in [0.15, 0.2) is 35.3 Å². The molecule has 3 heteroatoms. The van der Waals surface area contributed by atoms with Crippen LogP contribution in [0.1, 0.15) is 6.92 Å². The van der Waals surface area contributed by atoms with Crippen molar-refractivity contribution in [3.63, 3.8) is 0 Å². The molecule has 1 aromatic carbocycles. The van der Waals surface area contributed by atoms with Crippen LogP contribution in [0, 0.1) is 0 Å². The lowest BCUT2D eigenvalue weighted by molar-refractivity contribution is 1.17. The Labute approximate surface area is 87.8 Å². The molecular formula is C11H11ClN2. The zero-order valence-electron chi connectivity index (χ0n) is 8.16. The summed E-state index contributed by atoms with van der Waals surface area (Å²) in [5.41, 5.74) is 1.10. The van der Waals surface area contributed by atoms with Crippen molar-refractivity contribution in [3.05, 3.63) is 35.5 Å². The van der Waals surface area contributed by atoms with Crippen molar-refractivity contribution in [2.75, 3.05) is 7.05 Å². The molecule has 14 heavy (non-hydrogen) atoms. The van der Waals surface area contributed by atoms with Gasteiger partial charge in [-0.05, 0) is 19.1 Å². The van der Waals surface area contributed by atoms with Gasteiger partial charge in [0.15, 0.2) is 0 Å². The van der Waals surface area contributed by atoms with E-state index in [-0.39, 0.29) is 0 Å². The second kappa shape index (κ2) is 3.46. The standard InChI is InChI=1S/C11H11ClN2/c1-8(13-2)14-10-6-4-3-5-9(10)7-11(14)12/h3-7H,1-2H3. The average Bonchev–Trinajstić information content (AvgIpc) is 2.53. The van der Waals surface area contributed by atoms with Gasteiger partial charge in [-0.2, -0.15) is 0 Å². The molecule has 0 aliphatic carbocycles. The molecule has 2 rings (SSSR count). The van der Waals surface area contributed by atoms with Gasteiger partial charge in [-0.1, -0.05) is 29.8 Å². The molecule has 0 bridgehead atoms. The average molecular weight is 207 g/mol. The summed E-state index contributed by atoms with van der Waals surface area (Å²) in [4.78, 5) is 4.14. The van der Waals surface area contributed by atoms with Crippen LogP contribution in [0.5, 0.6) is 0 Å². The predicted octanol–water partition coefficient (Wildman–Crippen LogP) is 3.19. The minimum atomic E-state index is 0.703. The zero-order chi connectivity index (χ0) is 10.1.